The van der Waals surface area contributed by atoms with Gasteiger partial charge < -0.3 is 14.4 Å². The highest BCUT2D eigenvalue weighted by molar-refractivity contribution is 5.77. The van der Waals surface area contributed by atoms with Gasteiger partial charge in [-0.3, -0.25) is 9.78 Å². The number of aryl methyl sites for hydroxylation is 2. The first-order chi connectivity index (χ1) is 13.1. The smallest absolute Gasteiger partial charge is 0.223 e. The highest BCUT2D eigenvalue weighted by atomic mass is 16.5. The highest BCUT2D eigenvalue weighted by Crippen LogP contribution is 2.36. The Morgan fingerprint density at radius 3 is 2.93 bits per heavy atom. The Labute approximate surface area is 160 Å². The maximum absolute atomic E-state index is 12.5. The standard InChI is InChI=1S/C22H26N2O3/c1-17-5-2-3-6-18(17)8-9-21(25)24-15-22(16-24)13-19(10-12-26-22)27-20-7-4-11-23-14-20/h2-7,11,14,19H,8-10,12-13,15-16H2,1H3/t19-/m0/s1. The Hall–Kier alpha value is -2.40. The van der Waals surface area contributed by atoms with E-state index in [2.05, 4.69) is 24.0 Å². The summed E-state index contributed by atoms with van der Waals surface area (Å²) in [5.41, 5.74) is 2.26. The van der Waals surface area contributed by atoms with Gasteiger partial charge in [0.1, 0.15) is 17.5 Å². The lowest BCUT2D eigenvalue weighted by Gasteiger charge is -2.53. The first kappa shape index (κ1) is 18.0. The zero-order valence-corrected chi connectivity index (χ0v) is 15.8. The lowest BCUT2D eigenvalue weighted by molar-refractivity contribution is -0.193. The van der Waals surface area contributed by atoms with Crippen LogP contribution in [0.3, 0.4) is 0 Å². The van der Waals surface area contributed by atoms with Gasteiger partial charge in [0.2, 0.25) is 5.91 Å². The quantitative estimate of drug-likeness (QED) is 0.816. The highest BCUT2D eigenvalue weighted by Gasteiger charge is 2.49. The van der Waals surface area contributed by atoms with Crippen molar-refractivity contribution >= 4 is 5.91 Å². The van der Waals surface area contributed by atoms with E-state index < -0.39 is 0 Å². The van der Waals surface area contributed by atoms with Crippen molar-refractivity contribution < 1.29 is 14.3 Å². The third-order valence-electron chi connectivity index (χ3n) is 5.57. The van der Waals surface area contributed by atoms with Gasteiger partial charge in [-0.1, -0.05) is 24.3 Å². The topological polar surface area (TPSA) is 51.7 Å². The zero-order valence-electron chi connectivity index (χ0n) is 15.8. The third kappa shape index (κ3) is 4.14. The average Bonchev–Trinajstić information content (AvgIpc) is 2.66. The lowest BCUT2D eigenvalue weighted by atomic mass is 9.84. The van der Waals surface area contributed by atoms with Crippen LogP contribution < -0.4 is 4.74 Å². The predicted octanol–water partition coefficient (Wildman–Crippen LogP) is 3.16. The van der Waals surface area contributed by atoms with Crippen molar-refractivity contribution in [2.75, 3.05) is 19.7 Å². The molecule has 2 aliphatic rings. The number of hydrogen-bond acceptors (Lipinski definition) is 4. The number of aromatic nitrogens is 1. The van der Waals surface area contributed by atoms with Gasteiger partial charge >= 0.3 is 0 Å². The summed E-state index contributed by atoms with van der Waals surface area (Å²) in [5, 5.41) is 0. The zero-order chi connectivity index (χ0) is 18.7. The minimum atomic E-state index is -0.233. The minimum absolute atomic E-state index is 0.118. The monoisotopic (exact) mass is 366 g/mol. The molecule has 0 saturated carbocycles. The number of amides is 1. The third-order valence-corrected chi connectivity index (χ3v) is 5.57. The molecule has 0 unspecified atom stereocenters. The molecular weight excluding hydrogens is 340 g/mol. The summed E-state index contributed by atoms with van der Waals surface area (Å²) >= 11 is 0. The second-order valence-electron chi connectivity index (χ2n) is 7.63. The number of carbonyl (C=O) groups excluding carboxylic acids is 1. The van der Waals surface area contributed by atoms with Crippen molar-refractivity contribution in [3.8, 4) is 5.75 Å². The van der Waals surface area contributed by atoms with Crippen LogP contribution in [-0.4, -0.2) is 47.2 Å². The van der Waals surface area contributed by atoms with Crippen LogP contribution in [0.4, 0.5) is 0 Å². The molecule has 4 rings (SSSR count). The van der Waals surface area contributed by atoms with Crippen molar-refractivity contribution in [3.63, 3.8) is 0 Å². The summed E-state index contributed by atoms with van der Waals surface area (Å²) in [6.07, 6.45) is 6.64. The van der Waals surface area contributed by atoms with Gasteiger partial charge in [-0.05, 0) is 36.6 Å². The maximum atomic E-state index is 12.5. The summed E-state index contributed by atoms with van der Waals surface area (Å²) in [5.74, 6) is 1.01. The van der Waals surface area contributed by atoms with Crippen LogP contribution in [0.25, 0.3) is 0 Å². The molecule has 1 atom stereocenters. The van der Waals surface area contributed by atoms with E-state index in [1.54, 1.807) is 12.4 Å². The van der Waals surface area contributed by atoms with Gasteiger partial charge in [0.05, 0.1) is 25.9 Å². The van der Waals surface area contributed by atoms with Gasteiger partial charge in [0.25, 0.3) is 0 Å². The first-order valence-electron chi connectivity index (χ1n) is 9.66. The molecule has 2 fully saturated rings. The molecule has 0 N–H and O–H groups in total. The number of carbonyl (C=O) groups is 1. The van der Waals surface area contributed by atoms with E-state index in [-0.39, 0.29) is 17.6 Å². The van der Waals surface area contributed by atoms with Gasteiger partial charge in [0, 0.05) is 25.5 Å². The molecule has 0 bridgehead atoms. The molecule has 142 valence electrons. The summed E-state index contributed by atoms with van der Waals surface area (Å²) in [7, 11) is 0. The number of rotatable bonds is 5. The molecule has 27 heavy (non-hydrogen) atoms. The Kier molecular flexibility index (Phi) is 5.12. The molecule has 1 aromatic heterocycles. The predicted molar refractivity (Wildman–Crippen MR) is 103 cm³/mol. The van der Waals surface area contributed by atoms with Gasteiger partial charge in [-0.25, -0.2) is 0 Å². The van der Waals surface area contributed by atoms with E-state index in [0.717, 1.165) is 25.0 Å². The summed E-state index contributed by atoms with van der Waals surface area (Å²) in [4.78, 5) is 18.6. The second-order valence-corrected chi connectivity index (χ2v) is 7.63. The molecule has 2 saturated heterocycles. The van der Waals surface area contributed by atoms with Crippen molar-refractivity contribution in [1.29, 1.82) is 0 Å². The van der Waals surface area contributed by atoms with Gasteiger partial charge in [-0.2, -0.15) is 0 Å². The fourth-order valence-corrected chi connectivity index (χ4v) is 4.03. The van der Waals surface area contributed by atoms with Crippen molar-refractivity contribution in [1.82, 2.24) is 9.88 Å². The molecule has 3 heterocycles. The van der Waals surface area contributed by atoms with Crippen LogP contribution in [0, 0.1) is 6.92 Å². The van der Waals surface area contributed by atoms with E-state index in [0.29, 0.717) is 26.1 Å². The first-order valence-corrected chi connectivity index (χ1v) is 9.66. The second kappa shape index (κ2) is 7.69. The van der Waals surface area contributed by atoms with Crippen LogP contribution in [0.2, 0.25) is 0 Å². The SMILES string of the molecule is Cc1ccccc1CCC(=O)N1CC2(C[C@@H](Oc3cccnc3)CCO2)C1. The number of pyridine rings is 1. The molecule has 5 nitrogen and oxygen atoms in total. The molecule has 5 heteroatoms. The van der Waals surface area contributed by atoms with Crippen molar-refractivity contribution in [3.05, 3.63) is 59.9 Å². The van der Waals surface area contributed by atoms with Crippen LogP contribution in [-0.2, 0) is 16.0 Å². The van der Waals surface area contributed by atoms with Crippen LogP contribution in [0.15, 0.2) is 48.8 Å². The average molecular weight is 366 g/mol. The summed E-state index contributed by atoms with van der Waals surface area (Å²) in [6, 6.07) is 12.1. The Morgan fingerprint density at radius 1 is 1.30 bits per heavy atom. The molecule has 0 aliphatic carbocycles. The minimum Gasteiger partial charge on any atom is -0.489 e. The molecule has 1 aromatic carbocycles. The van der Waals surface area contributed by atoms with Crippen molar-refractivity contribution in [2.45, 2.75) is 44.3 Å². The molecule has 1 amide bonds. The Balaban J connectivity index is 1.27. The van der Waals surface area contributed by atoms with E-state index in [9.17, 15) is 4.79 Å². The Morgan fingerprint density at radius 2 is 2.15 bits per heavy atom. The molecular formula is C22H26N2O3. The summed E-state index contributed by atoms with van der Waals surface area (Å²) in [6.45, 7) is 4.12. The van der Waals surface area contributed by atoms with E-state index >= 15 is 0 Å². The van der Waals surface area contributed by atoms with E-state index in [1.165, 1.54) is 11.1 Å². The van der Waals surface area contributed by atoms with Crippen LogP contribution >= 0.6 is 0 Å². The van der Waals surface area contributed by atoms with Crippen LogP contribution in [0.1, 0.15) is 30.4 Å². The van der Waals surface area contributed by atoms with E-state index in [4.69, 9.17) is 9.47 Å². The number of nitrogens with zero attached hydrogens (tertiary/aromatic N) is 2. The molecule has 0 radical (unpaired) electrons. The molecule has 2 aromatic rings. The summed E-state index contributed by atoms with van der Waals surface area (Å²) < 4.78 is 12.1. The van der Waals surface area contributed by atoms with Gasteiger partial charge in [-0.15, -0.1) is 0 Å². The number of benzene rings is 1. The molecule has 1 spiro atoms. The van der Waals surface area contributed by atoms with Gasteiger partial charge in [0.15, 0.2) is 0 Å². The largest absolute Gasteiger partial charge is 0.489 e. The Bertz CT molecular complexity index is 787. The number of hydrogen-bond donors (Lipinski definition) is 0. The normalized spacial score (nSPS) is 20.9. The van der Waals surface area contributed by atoms with E-state index in [1.807, 2.05) is 29.2 Å². The fraction of sp³-hybridized carbons (Fsp3) is 0.455. The molecule has 2 aliphatic heterocycles. The maximum Gasteiger partial charge on any atom is 0.223 e. The fourth-order valence-electron chi connectivity index (χ4n) is 4.03. The number of likely N-dealkylation sites (tertiary alicyclic amines) is 1. The van der Waals surface area contributed by atoms with Crippen molar-refractivity contribution in [2.24, 2.45) is 0 Å². The number of ether oxygens (including phenoxy) is 2. The van der Waals surface area contributed by atoms with Crippen LogP contribution in [0.5, 0.6) is 5.75 Å². The lowest BCUT2D eigenvalue weighted by Crippen LogP contribution is -2.67.